The Balaban J connectivity index is 1.98. The lowest BCUT2D eigenvalue weighted by atomic mass is 9.97. The topological polar surface area (TPSA) is 38.5 Å². The van der Waals surface area contributed by atoms with E-state index >= 15 is 0 Å². The molecule has 2 N–H and O–H groups in total. The van der Waals surface area contributed by atoms with Gasteiger partial charge in [0.05, 0.1) is 12.2 Å². The molecule has 0 saturated carbocycles. The fourth-order valence-electron chi connectivity index (χ4n) is 1.67. The van der Waals surface area contributed by atoms with Crippen molar-refractivity contribution in [3.8, 4) is 0 Å². The van der Waals surface area contributed by atoms with E-state index in [0.29, 0.717) is 6.54 Å². The molecule has 1 fully saturated rings. The molecule has 0 radical (unpaired) electrons. The number of hydrogen-bond donors (Lipinski definition) is 1. The molecule has 1 aliphatic heterocycles. The van der Waals surface area contributed by atoms with Gasteiger partial charge in [-0.25, -0.2) is 0 Å². The van der Waals surface area contributed by atoms with Crippen molar-refractivity contribution in [1.82, 2.24) is 0 Å². The molecule has 2 heteroatoms. The lowest BCUT2D eigenvalue weighted by molar-refractivity contribution is 0.290. The van der Waals surface area contributed by atoms with Gasteiger partial charge >= 0.3 is 0 Å². The number of nitrogens with two attached hydrogens (primary N) is 1. The van der Waals surface area contributed by atoms with Crippen LogP contribution in [0.15, 0.2) is 30.3 Å². The van der Waals surface area contributed by atoms with Crippen molar-refractivity contribution in [3.05, 3.63) is 35.9 Å². The van der Waals surface area contributed by atoms with Crippen LogP contribution >= 0.6 is 0 Å². The first-order valence-electron chi connectivity index (χ1n) is 4.73. The first kappa shape index (κ1) is 8.73. The smallest absolute Gasteiger partial charge is 0.0968 e. The van der Waals surface area contributed by atoms with Gasteiger partial charge in [-0.05, 0) is 18.5 Å². The summed E-state index contributed by atoms with van der Waals surface area (Å²) in [7, 11) is 0. The zero-order valence-corrected chi connectivity index (χ0v) is 7.70. The SMILES string of the molecule is NCCC1(Cc2ccccc2)CO1. The van der Waals surface area contributed by atoms with E-state index < -0.39 is 0 Å². The summed E-state index contributed by atoms with van der Waals surface area (Å²) >= 11 is 0. The molecule has 2 nitrogen and oxygen atoms in total. The Labute approximate surface area is 78.7 Å². The first-order chi connectivity index (χ1) is 6.35. The molecule has 0 amide bonds. The standard InChI is InChI=1S/C11H15NO/c12-7-6-11(9-13-11)8-10-4-2-1-3-5-10/h1-5H,6-9,12H2. The van der Waals surface area contributed by atoms with Gasteiger partial charge in [0, 0.05) is 6.42 Å². The number of epoxide rings is 1. The van der Waals surface area contributed by atoms with Crippen molar-refractivity contribution >= 4 is 0 Å². The lowest BCUT2D eigenvalue weighted by Crippen LogP contribution is -2.19. The van der Waals surface area contributed by atoms with Crippen LogP contribution in [0.1, 0.15) is 12.0 Å². The maximum atomic E-state index is 5.53. The summed E-state index contributed by atoms with van der Waals surface area (Å²) in [5.74, 6) is 0. The minimum absolute atomic E-state index is 0.0795. The molecule has 1 unspecified atom stereocenters. The highest BCUT2D eigenvalue weighted by Crippen LogP contribution is 2.33. The molecule has 0 spiro atoms. The van der Waals surface area contributed by atoms with Crippen LogP contribution in [-0.2, 0) is 11.2 Å². The van der Waals surface area contributed by atoms with E-state index in [2.05, 4.69) is 24.3 Å². The van der Waals surface area contributed by atoms with Gasteiger partial charge < -0.3 is 10.5 Å². The van der Waals surface area contributed by atoms with Crippen molar-refractivity contribution in [2.75, 3.05) is 13.2 Å². The maximum Gasteiger partial charge on any atom is 0.0968 e. The largest absolute Gasteiger partial charge is 0.369 e. The third-order valence-corrected chi connectivity index (χ3v) is 2.52. The average molecular weight is 177 g/mol. The summed E-state index contributed by atoms with van der Waals surface area (Å²) in [6.07, 6.45) is 1.98. The Bertz CT molecular complexity index is 267. The first-order valence-corrected chi connectivity index (χ1v) is 4.73. The summed E-state index contributed by atoms with van der Waals surface area (Å²) in [6.45, 7) is 1.59. The number of rotatable bonds is 4. The van der Waals surface area contributed by atoms with E-state index in [-0.39, 0.29) is 5.60 Å². The summed E-state index contributed by atoms with van der Waals surface area (Å²) < 4.78 is 5.46. The minimum atomic E-state index is 0.0795. The van der Waals surface area contributed by atoms with Gasteiger partial charge in [-0.15, -0.1) is 0 Å². The van der Waals surface area contributed by atoms with E-state index in [4.69, 9.17) is 10.5 Å². The molecule has 70 valence electrons. The number of ether oxygens (including phenoxy) is 1. The molecule has 0 bridgehead atoms. The monoisotopic (exact) mass is 177 g/mol. The molecule has 1 saturated heterocycles. The van der Waals surface area contributed by atoms with Crippen LogP contribution < -0.4 is 5.73 Å². The third-order valence-electron chi connectivity index (χ3n) is 2.52. The van der Waals surface area contributed by atoms with Crippen molar-refractivity contribution in [2.45, 2.75) is 18.4 Å². The molecule has 1 heterocycles. The van der Waals surface area contributed by atoms with Crippen LogP contribution in [0.4, 0.5) is 0 Å². The van der Waals surface area contributed by atoms with E-state index in [9.17, 15) is 0 Å². The molecular formula is C11H15NO. The van der Waals surface area contributed by atoms with E-state index in [1.165, 1.54) is 5.56 Å². The van der Waals surface area contributed by atoms with Crippen molar-refractivity contribution in [3.63, 3.8) is 0 Å². The quantitative estimate of drug-likeness (QED) is 0.705. The molecule has 1 aliphatic rings. The second-order valence-electron chi connectivity index (χ2n) is 3.67. The zero-order valence-electron chi connectivity index (χ0n) is 7.70. The number of hydrogen-bond acceptors (Lipinski definition) is 2. The fraction of sp³-hybridized carbons (Fsp3) is 0.455. The lowest BCUT2D eigenvalue weighted by Gasteiger charge is -2.09. The summed E-state index contributed by atoms with van der Waals surface area (Å²) in [4.78, 5) is 0. The third kappa shape index (κ3) is 2.08. The Hall–Kier alpha value is -0.860. The highest BCUT2D eigenvalue weighted by Gasteiger charge is 2.43. The second-order valence-corrected chi connectivity index (χ2v) is 3.67. The normalized spacial score (nSPS) is 25.9. The highest BCUT2D eigenvalue weighted by atomic mass is 16.6. The van der Waals surface area contributed by atoms with Crippen molar-refractivity contribution in [1.29, 1.82) is 0 Å². The van der Waals surface area contributed by atoms with E-state index in [1.54, 1.807) is 0 Å². The Kier molecular flexibility index (Phi) is 2.34. The van der Waals surface area contributed by atoms with Crippen LogP contribution in [0.5, 0.6) is 0 Å². The molecule has 13 heavy (non-hydrogen) atoms. The minimum Gasteiger partial charge on any atom is -0.369 e. The average Bonchev–Trinajstić information content (AvgIpc) is 2.87. The summed E-state index contributed by atoms with van der Waals surface area (Å²) in [5, 5.41) is 0. The van der Waals surface area contributed by atoms with E-state index in [0.717, 1.165) is 19.4 Å². The molecule has 1 aromatic rings. The van der Waals surface area contributed by atoms with Gasteiger partial charge in [-0.3, -0.25) is 0 Å². The molecule has 1 aromatic carbocycles. The molecule has 1 atom stereocenters. The molecule has 0 aliphatic carbocycles. The summed E-state index contributed by atoms with van der Waals surface area (Å²) in [5.41, 5.74) is 6.95. The van der Waals surface area contributed by atoms with Gasteiger partial charge in [0.15, 0.2) is 0 Å². The predicted octanol–water partition coefficient (Wildman–Crippen LogP) is 1.35. The van der Waals surface area contributed by atoms with Crippen LogP contribution in [0.2, 0.25) is 0 Å². The van der Waals surface area contributed by atoms with Gasteiger partial charge in [0.1, 0.15) is 0 Å². The van der Waals surface area contributed by atoms with Crippen LogP contribution in [0.3, 0.4) is 0 Å². The Morgan fingerprint density at radius 2 is 2.00 bits per heavy atom. The highest BCUT2D eigenvalue weighted by molar-refractivity contribution is 5.19. The van der Waals surface area contributed by atoms with Crippen molar-refractivity contribution < 1.29 is 4.74 Å². The van der Waals surface area contributed by atoms with Crippen LogP contribution in [0, 0.1) is 0 Å². The summed E-state index contributed by atoms with van der Waals surface area (Å²) in [6, 6.07) is 10.4. The van der Waals surface area contributed by atoms with Gasteiger partial charge in [-0.2, -0.15) is 0 Å². The number of benzene rings is 1. The second kappa shape index (κ2) is 3.48. The fourth-order valence-corrected chi connectivity index (χ4v) is 1.67. The van der Waals surface area contributed by atoms with Gasteiger partial charge in [0.25, 0.3) is 0 Å². The molecular weight excluding hydrogens is 162 g/mol. The van der Waals surface area contributed by atoms with E-state index in [1.807, 2.05) is 6.07 Å². The predicted molar refractivity (Wildman–Crippen MR) is 52.5 cm³/mol. The van der Waals surface area contributed by atoms with Gasteiger partial charge in [-0.1, -0.05) is 30.3 Å². The maximum absolute atomic E-state index is 5.53. The Morgan fingerprint density at radius 1 is 1.31 bits per heavy atom. The zero-order chi connectivity index (χ0) is 9.15. The van der Waals surface area contributed by atoms with Crippen molar-refractivity contribution in [2.24, 2.45) is 5.73 Å². The van der Waals surface area contributed by atoms with Crippen LogP contribution in [-0.4, -0.2) is 18.8 Å². The molecule has 0 aromatic heterocycles. The van der Waals surface area contributed by atoms with Crippen LogP contribution in [0.25, 0.3) is 0 Å². The molecule has 2 rings (SSSR count). The van der Waals surface area contributed by atoms with Gasteiger partial charge in [0.2, 0.25) is 0 Å². The Morgan fingerprint density at radius 3 is 2.54 bits per heavy atom.